The molecule has 1 fully saturated rings. The Morgan fingerprint density at radius 2 is 1.73 bits per heavy atom. The number of hydrogen-bond acceptors (Lipinski definition) is 5. The minimum Gasteiger partial charge on any atom is -0.400 e. The average Bonchev–Trinajstić information content (AvgIpc) is 2.71. The number of thioether (sulfide) groups is 1. The van der Waals surface area contributed by atoms with Gasteiger partial charge in [-0.1, -0.05) is 17.8 Å². The third-order valence-corrected chi connectivity index (χ3v) is 5.62. The number of carbonyl (C=O) groups is 2. The number of ketones is 1. The van der Waals surface area contributed by atoms with Crippen LogP contribution in [0.3, 0.4) is 0 Å². The lowest BCUT2D eigenvalue weighted by Crippen LogP contribution is -2.41. The maximum Gasteiger partial charge on any atom is 0.491 e. The smallest absolute Gasteiger partial charge is 0.400 e. The van der Waals surface area contributed by atoms with Crippen molar-refractivity contribution in [3.05, 3.63) is 40.6 Å². The van der Waals surface area contributed by atoms with Gasteiger partial charge < -0.3 is 9.31 Å². The van der Waals surface area contributed by atoms with Gasteiger partial charge in [0.25, 0.3) is 0 Å². The Morgan fingerprint density at radius 1 is 1.15 bits per heavy atom. The molecule has 1 heterocycles. The van der Waals surface area contributed by atoms with E-state index in [0.29, 0.717) is 22.4 Å². The highest BCUT2D eigenvalue weighted by Gasteiger charge is 2.52. The van der Waals surface area contributed by atoms with Crippen molar-refractivity contribution >= 4 is 35.9 Å². The zero-order valence-electron chi connectivity index (χ0n) is 16.0. The summed E-state index contributed by atoms with van der Waals surface area (Å²) in [7, 11) is -0.671. The van der Waals surface area contributed by atoms with Crippen molar-refractivity contribution in [1.29, 1.82) is 0 Å². The molecule has 140 valence electrons. The summed E-state index contributed by atoms with van der Waals surface area (Å²) in [5.41, 5.74) is 0.461. The monoisotopic (exact) mass is 378 g/mol. The number of benzene rings is 1. The fourth-order valence-electron chi connectivity index (χ4n) is 2.53. The van der Waals surface area contributed by atoms with E-state index in [2.05, 4.69) is 0 Å². The van der Waals surface area contributed by atoms with Crippen LogP contribution in [0.2, 0.25) is 0 Å². The van der Waals surface area contributed by atoms with Crippen LogP contribution in [-0.2, 0) is 14.1 Å². The van der Waals surface area contributed by atoms with E-state index in [-0.39, 0.29) is 10.9 Å². The molecule has 0 bridgehead atoms. The zero-order valence-corrected chi connectivity index (χ0v) is 16.8. The summed E-state index contributed by atoms with van der Waals surface area (Å²) in [6, 6.07) is 4.02. The van der Waals surface area contributed by atoms with E-state index in [1.54, 1.807) is 6.08 Å². The lowest BCUT2D eigenvalue weighted by Gasteiger charge is -2.32. The Morgan fingerprint density at radius 3 is 2.23 bits per heavy atom. The second-order valence-corrected chi connectivity index (χ2v) is 8.53. The molecule has 1 aliphatic rings. The summed E-state index contributed by atoms with van der Waals surface area (Å²) in [5.74, 6) is -0.266. The van der Waals surface area contributed by atoms with E-state index in [1.165, 1.54) is 32.0 Å². The van der Waals surface area contributed by atoms with Crippen molar-refractivity contribution in [2.45, 2.75) is 52.7 Å². The first-order valence-corrected chi connectivity index (χ1v) is 9.41. The van der Waals surface area contributed by atoms with Gasteiger partial charge in [-0.15, -0.1) is 0 Å². The molecule has 4 nitrogen and oxygen atoms in total. The van der Waals surface area contributed by atoms with E-state index in [4.69, 9.17) is 9.31 Å². The summed E-state index contributed by atoms with van der Waals surface area (Å²) in [6.45, 7) is 10.7. The number of carbonyl (C=O) groups excluding carboxylic acids is 2. The maximum atomic E-state index is 13.7. The van der Waals surface area contributed by atoms with Crippen LogP contribution in [0.1, 0.15) is 57.5 Å². The first-order chi connectivity index (χ1) is 11.9. The van der Waals surface area contributed by atoms with Crippen LogP contribution in [0.15, 0.2) is 23.7 Å². The molecule has 1 aromatic carbocycles. The van der Waals surface area contributed by atoms with E-state index < -0.39 is 24.1 Å². The van der Waals surface area contributed by atoms with Gasteiger partial charge in [0, 0.05) is 18.2 Å². The standard InChI is InChI=1S/C19H24BFO4S/c1-12(22)17-8-7-16(21)10-14(17)9-15(11-26-13(2)23)20-24-18(3,4)19(5,6)25-20/h7-10H,11H2,1-6H3. The fourth-order valence-corrected chi connectivity index (χ4v) is 3.12. The van der Waals surface area contributed by atoms with Crippen LogP contribution in [0.5, 0.6) is 0 Å². The molecule has 1 saturated heterocycles. The Hall–Kier alpha value is -1.44. The van der Waals surface area contributed by atoms with Crippen molar-refractivity contribution < 1.29 is 23.3 Å². The van der Waals surface area contributed by atoms with Crippen molar-refractivity contribution in [3.63, 3.8) is 0 Å². The SMILES string of the molecule is CC(=O)SCC(=Cc1cc(F)ccc1C(C)=O)B1OC(C)(C)C(C)(C)O1. The van der Waals surface area contributed by atoms with Gasteiger partial charge in [-0.05, 0) is 63.9 Å². The van der Waals surface area contributed by atoms with Crippen molar-refractivity contribution in [3.8, 4) is 0 Å². The molecule has 0 aliphatic carbocycles. The molecular formula is C19H24BFO4S. The van der Waals surface area contributed by atoms with Crippen LogP contribution >= 0.6 is 11.8 Å². The van der Waals surface area contributed by atoms with Crippen molar-refractivity contribution in [2.24, 2.45) is 0 Å². The van der Waals surface area contributed by atoms with E-state index in [0.717, 1.165) is 11.8 Å². The number of rotatable bonds is 5. The molecule has 7 heteroatoms. The molecule has 26 heavy (non-hydrogen) atoms. The Labute approximate surface area is 158 Å². The third-order valence-electron chi connectivity index (χ3n) is 4.73. The molecule has 0 radical (unpaired) electrons. The number of halogens is 1. The Bertz CT molecular complexity index is 742. The van der Waals surface area contributed by atoms with Crippen LogP contribution in [0, 0.1) is 5.82 Å². The highest BCUT2D eigenvalue weighted by molar-refractivity contribution is 8.13. The van der Waals surface area contributed by atoms with Gasteiger partial charge >= 0.3 is 7.12 Å². The predicted octanol–water partition coefficient (Wildman–Crippen LogP) is 4.32. The highest BCUT2D eigenvalue weighted by Crippen LogP contribution is 2.39. The normalized spacial score (nSPS) is 18.9. The molecule has 0 unspecified atom stereocenters. The van der Waals surface area contributed by atoms with Gasteiger partial charge in [-0.2, -0.15) is 0 Å². The highest BCUT2D eigenvalue weighted by atomic mass is 32.2. The molecule has 1 aromatic rings. The molecule has 0 spiro atoms. The fraction of sp³-hybridized carbons (Fsp3) is 0.474. The van der Waals surface area contributed by atoms with E-state index in [9.17, 15) is 14.0 Å². The maximum absolute atomic E-state index is 13.7. The number of hydrogen-bond donors (Lipinski definition) is 0. The largest absolute Gasteiger partial charge is 0.491 e. The van der Waals surface area contributed by atoms with Gasteiger partial charge in [-0.25, -0.2) is 4.39 Å². The molecule has 0 N–H and O–H groups in total. The predicted molar refractivity (Wildman–Crippen MR) is 104 cm³/mol. The summed E-state index contributed by atoms with van der Waals surface area (Å²) in [4.78, 5) is 23.3. The van der Waals surface area contributed by atoms with Crippen LogP contribution in [-0.4, -0.2) is 35.0 Å². The molecular weight excluding hydrogens is 354 g/mol. The first kappa shape index (κ1) is 20.9. The third kappa shape index (κ3) is 4.64. The minimum absolute atomic E-state index is 0.0431. The lowest BCUT2D eigenvalue weighted by molar-refractivity contribution is -0.109. The number of Topliss-reactive ketones (excluding diaryl/α,β-unsaturated/α-hetero) is 1. The zero-order chi connectivity index (χ0) is 19.7. The van der Waals surface area contributed by atoms with E-state index >= 15 is 0 Å². The van der Waals surface area contributed by atoms with Gasteiger partial charge in [-0.3, -0.25) is 9.59 Å². The Balaban J connectivity index is 2.46. The summed E-state index contributed by atoms with van der Waals surface area (Å²) < 4.78 is 25.9. The summed E-state index contributed by atoms with van der Waals surface area (Å²) in [6.07, 6.45) is 1.69. The Kier molecular flexibility index (Phi) is 6.15. The van der Waals surface area contributed by atoms with Gasteiger partial charge in [0.2, 0.25) is 0 Å². The second kappa shape index (κ2) is 7.67. The molecule has 0 aromatic heterocycles. The van der Waals surface area contributed by atoms with Crippen LogP contribution < -0.4 is 0 Å². The summed E-state index contributed by atoms with van der Waals surface area (Å²) in [5, 5.41) is -0.0431. The molecule has 0 atom stereocenters. The van der Waals surface area contributed by atoms with Crippen LogP contribution in [0.25, 0.3) is 6.08 Å². The van der Waals surface area contributed by atoms with Gasteiger partial charge in [0.15, 0.2) is 10.9 Å². The second-order valence-electron chi connectivity index (χ2n) is 7.38. The first-order valence-electron chi connectivity index (χ1n) is 8.43. The molecule has 1 aliphatic heterocycles. The van der Waals surface area contributed by atoms with Gasteiger partial charge in [0.1, 0.15) is 5.82 Å². The van der Waals surface area contributed by atoms with Gasteiger partial charge in [0.05, 0.1) is 11.2 Å². The quantitative estimate of drug-likeness (QED) is 0.564. The van der Waals surface area contributed by atoms with Crippen molar-refractivity contribution in [1.82, 2.24) is 0 Å². The van der Waals surface area contributed by atoms with E-state index in [1.807, 2.05) is 27.7 Å². The lowest BCUT2D eigenvalue weighted by atomic mass is 9.78. The average molecular weight is 378 g/mol. The summed E-state index contributed by atoms with van der Waals surface area (Å²) >= 11 is 1.12. The molecule has 0 saturated carbocycles. The minimum atomic E-state index is -0.671. The molecule has 0 amide bonds. The van der Waals surface area contributed by atoms with Crippen molar-refractivity contribution in [2.75, 3.05) is 5.75 Å². The van der Waals surface area contributed by atoms with Crippen LogP contribution in [0.4, 0.5) is 4.39 Å². The molecule has 2 rings (SSSR count). The topological polar surface area (TPSA) is 52.6 Å².